The second kappa shape index (κ2) is 16.5. The van der Waals surface area contributed by atoms with Crippen LogP contribution in [0.2, 0.25) is 0 Å². The second-order valence-corrected chi connectivity index (χ2v) is 6.95. The Morgan fingerprint density at radius 2 is 1.46 bits per heavy atom. The summed E-state index contributed by atoms with van der Waals surface area (Å²) in [7, 11) is 0. The zero-order valence-electron chi connectivity index (χ0n) is 16.0. The zero-order valence-corrected chi connectivity index (χ0v) is 16.0. The lowest BCUT2D eigenvalue weighted by atomic mass is 9.92. The van der Waals surface area contributed by atoms with E-state index in [1.807, 2.05) is 0 Å². The number of unbranched alkanes of at least 4 members (excludes halogenated alkanes) is 4. The van der Waals surface area contributed by atoms with Gasteiger partial charge in [0.05, 0.1) is 5.92 Å². The summed E-state index contributed by atoms with van der Waals surface area (Å²) in [6.45, 7) is 6.35. The fraction of sp³-hybridized carbons (Fsp3) is 0.682. The van der Waals surface area contributed by atoms with Crippen molar-refractivity contribution in [3.05, 3.63) is 36.5 Å². The zero-order chi connectivity index (χ0) is 18.0. The largest absolute Gasteiger partial charge is 0.481 e. The van der Waals surface area contributed by atoms with Crippen LogP contribution < -0.4 is 0 Å². The van der Waals surface area contributed by atoms with Crippen LogP contribution in [0, 0.1) is 11.8 Å². The van der Waals surface area contributed by atoms with Crippen LogP contribution in [0.1, 0.15) is 85.0 Å². The minimum Gasteiger partial charge on any atom is -0.481 e. The maximum absolute atomic E-state index is 11.2. The molecule has 0 saturated carbocycles. The Labute approximate surface area is 149 Å². The van der Waals surface area contributed by atoms with Gasteiger partial charge in [0, 0.05) is 0 Å². The molecule has 0 bridgehead atoms. The highest BCUT2D eigenvalue weighted by atomic mass is 16.4. The van der Waals surface area contributed by atoms with Gasteiger partial charge in [-0.3, -0.25) is 4.79 Å². The molecule has 0 aliphatic heterocycles. The van der Waals surface area contributed by atoms with Crippen LogP contribution in [0.25, 0.3) is 0 Å². The van der Waals surface area contributed by atoms with E-state index in [0.29, 0.717) is 5.92 Å². The molecule has 138 valence electrons. The van der Waals surface area contributed by atoms with Crippen molar-refractivity contribution in [3.8, 4) is 0 Å². The average Bonchev–Trinajstić information content (AvgIpc) is 2.53. The van der Waals surface area contributed by atoms with E-state index in [1.54, 1.807) is 0 Å². The number of carboxylic acids is 1. The number of aliphatic carboxylic acids is 1. The fourth-order valence-corrected chi connectivity index (χ4v) is 2.74. The Balaban J connectivity index is 3.54. The Morgan fingerprint density at radius 3 is 2.04 bits per heavy atom. The molecule has 0 aromatic rings. The summed E-state index contributed by atoms with van der Waals surface area (Å²) in [4.78, 5) is 11.2. The van der Waals surface area contributed by atoms with Crippen molar-refractivity contribution in [1.29, 1.82) is 0 Å². The minimum atomic E-state index is -0.620. The SMILES string of the molecule is CCC=CCC=CCC=CCCCCCCC(CC(C)C)C(=O)O. The van der Waals surface area contributed by atoms with E-state index < -0.39 is 5.97 Å². The third-order valence-electron chi connectivity index (χ3n) is 4.06. The third-order valence-corrected chi connectivity index (χ3v) is 4.06. The molecule has 0 aromatic carbocycles. The number of carboxylic acid groups (broad SMARTS) is 1. The van der Waals surface area contributed by atoms with Gasteiger partial charge in [0.2, 0.25) is 0 Å². The highest BCUT2D eigenvalue weighted by Crippen LogP contribution is 2.19. The molecule has 0 amide bonds. The predicted molar refractivity (Wildman–Crippen MR) is 105 cm³/mol. The van der Waals surface area contributed by atoms with Gasteiger partial charge in [-0.2, -0.15) is 0 Å². The maximum Gasteiger partial charge on any atom is 0.306 e. The van der Waals surface area contributed by atoms with Crippen LogP contribution in [0.4, 0.5) is 0 Å². The van der Waals surface area contributed by atoms with Crippen LogP contribution in [-0.2, 0) is 4.79 Å². The highest BCUT2D eigenvalue weighted by Gasteiger charge is 2.17. The van der Waals surface area contributed by atoms with Crippen LogP contribution in [0.3, 0.4) is 0 Å². The molecule has 24 heavy (non-hydrogen) atoms. The number of allylic oxidation sites excluding steroid dienone is 6. The number of hydrogen-bond donors (Lipinski definition) is 1. The van der Waals surface area contributed by atoms with Crippen molar-refractivity contribution in [3.63, 3.8) is 0 Å². The normalized spacial score (nSPS) is 13.7. The molecule has 0 fully saturated rings. The lowest BCUT2D eigenvalue weighted by molar-refractivity contribution is -0.142. The van der Waals surface area contributed by atoms with Gasteiger partial charge in [-0.05, 0) is 50.9 Å². The Kier molecular flexibility index (Phi) is 15.6. The minimum absolute atomic E-state index is 0.149. The Hall–Kier alpha value is -1.31. The van der Waals surface area contributed by atoms with E-state index in [1.165, 1.54) is 12.8 Å². The molecular weight excluding hydrogens is 296 g/mol. The smallest absolute Gasteiger partial charge is 0.306 e. The molecule has 0 heterocycles. The molecule has 0 aliphatic rings. The molecule has 1 N–H and O–H groups in total. The Morgan fingerprint density at radius 1 is 0.875 bits per heavy atom. The average molecular weight is 335 g/mol. The summed E-state index contributed by atoms with van der Waals surface area (Å²) in [5.74, 6) is -0.304. The van der Waals surface area contributed by atoms with Gasteiger partial charge >= 0.3 is 5.97 Å². The van der Waals surface area contributed by atoms with Gasteiger partial charge in [-0.1, -0.05) is 76.5 Å². The topological polar surface area (TPSA) is 37.3 Å². The van der Waals surface area contributed by atoms with Crippen molar-refractivity contribution in [2.24, 2.45) is 11.8 Å². The number of carbonyl (C=O) groups is 1. The van der Waals surface area contributed by atoms with Crippen LogP contribution in [0.15, 0.2) is 36.5 Å². The first-order chi connectivity index (χ1) is 11.6. The maximum atomic E-state index is 11.2. The van der Waals surface area contributed by atoms with Gasteiger partial charge < -0.3 is 5.11 Å². The standard InChI is InChI=1S/C22H38O2/c1-4-5-6-7-8-9-10-11-12-13-14-15-16-17-18-21(22(23)24)19-20(2)3/h5-6,8-9,11-12,20-21H,4,7,10,13-19H2,1-3H3,(H,23,24). The number of rotatable bonds is 15. The van der Waals surface area contributed by atoms with E-state index in [0.717, 1.165) is 51.4 Å². The summed E-state index contributed by atoms with van der Waals surface area (Å²) < 4.78 is 0. The first-order valence-corrected chi connectivity index (χ1v) is 9.75. The molecule has 0 aliphatic carbocycles. The molecular formula is C22H38O2. The number of hydrogen-bond acceptors (Lipinski definition) is 1. The van der Waals surface area contributed by atoms with Gasteiger partial charge in [0.15, 0.2) is 0 Å². The molecule has 0 aromatic heterocycles. The molecule has 0 radical (unpaired) electrons. The van der Waals surface area contributed by atoms with Crippen molar-refractivity contribution in [1.82, 2.24) is 0 Å². The molecule has 0 saturated heterocycles. The van der Waals surface area contributed by atoms with E-state index in [-0.39, 0.29) is 5.92 Å². The summed E-state index contributed by atoms with van der Waals surface area (Å²) in [5, 5.41) is 9.21. The van der Waals surface area contributed by atoms with E-state index in [2.05, 4.69) is 57.2 Å². The predicted octanol–water partition coefficient (Wildman–Crippen LogP) is 6.93. The van der Waals surface area contributed by atoms with Crippen molar-refractivity contribution >= 4 is 5.97 Å². The lowest BCUT2D eigenvalue weighted by Crippen LogP contribution is -2.15. The quantitative estimate of drug-likeness (QED) is 0.260. The summed E-state index contributed by atoms with van der Waals surface area (Å²) in [6, 6.07) is 0. The molecule has 0 spiro atoms. The molecule has 2 heteroatoms. The first kappa shape index (κ1) is 22.7. The first-order valence-electron chi connectivity index (χ1n) is 9.75. The summed E-state index contributed by atoms with van der Waals surface area (Å²) in [5.41, 5.74) is 0. The van der Waals surface area contributed by atoms with Crippen LogP contribution >= 0.6 is 0 Å². The van der Waals surface area contributed by atoms with E-state index >= 15 is 0 Å². The fourth-order valence-electron chi connectivity index (χ4n) is 2.74. The monoisotopic (exact) mass is 334 g/mol. The van der Waals surface area contributed by atoms with Gasteiger partial charge in [-0.15, -0.1) is 0 Å². The van der Waals surface area contributed by atoms with Gasteiger partial charge in [-0.25, -0.2) is 0 Å². The van der Waals surface area contributed by atoms with Crippen molar-refractivity contribution in [2.75, 3.05) is 0 Å². The van der Waals surface area contributed by atoms with Crippen molar-refractivity contribution < 1.29 is 9.90 Å². The highest BCUT2D eigenvalue weighted by molar-refractivity contribution is 5.69. The molecule has 2 nitrogen and oxygen atoms in total. The van der Waals surface area contributed by atoms with Crippen LogP contribution in [0.5, 0.6) is 0 Å². The third kappa shape index (κ3) is 15.6. The van der Waals surface area contributed by atoms with E-state index in [9.17, 15) is 9.90 Å². The second-order valence-electron chi connectivity index (χ2n) is 6.95. The van der Waals surface area contributed by atoms with E-state index in [4.69, 9.17) is 0 Å². The van der Waals surface area contributed by atoms with Crippen LogP contribution in [-0.4, -0.2) is 11.1 Å². The van der Waals surface area contributed by atoms with Gasteiger partial charge in [0.25, 0.3) is 0 Å². The summed E-state index contributed by atoms with van der Waals surface area (Å²) in [6.07, 6.45) is 23.9. The summed E-state index contributed by atoms with van der Waals surface area (Å²) >= 11 is 0. The Bertz CT molecular complexity index is 377. The lowest BCUT2D eigenvalue weighted by Gasteiger charge is -2.14. The van der Waals surface area contributed by atoms with Crippen molar-refractivity contribution in [2.45, 2.75) is 85.0 Å². The van der Waals surface area contributed by atoms with Gasteiger partial charge in [0.1, 0.15) is 0 Å². The molecule has 1 atom stereocenters. The molecule has 1 unspecified atom stereocenters. The molecule has 0 rings (SSSR count).